The molecule has 2 atom stereocenters. The fourth-order valence-electron chi connectivity index (χ4n) is 3.62. The maximum atomic E-state index is 12.4. The van der Waals surface area contributed by atoms with E-state index in [1.165, 1.54) is 5.56 Å². The lowest BCUT2D eigenvalue weighted by atomic mass is 10.1. The molecular formula is C19H29FN4O. The van der Waals surface area contributed by atoms with Crippen molar-refractivity contribution in [3.05, 3.63) is 35.9 Å². The standard InChI is InChI=1S/C19H29FN4O/c1-2-21-19(22-10-6-9-20)24-14-17-18(15-24)25-12-11-23(17)13-16-7-4-3-5-8-16/h3-5,7-8,17-18H,2,6,9-15H2,1H3,(H,21,22). The van der Waals surface area contributed by atoms with Gasteiger partial charge in [0.05, 0.1) is 25.4 Å². The summed E-state index contributed by atoms with van der Waals surface area (Å²) < 4.78 is 18.4. The number of hydrogen-bond acceptors (Lipinski definition) is 3. The number of ether oxygens (including phenoxy) is 1. The lowest BCUT2D eigenvalue weighted by Gasteiger charge is -2.36. The topological polar surface area (TPSA) is 40.1 Å². The van der Waals surface area contributed by atoms with Crippen LogP contribution in [0.2, 0.25) is 0 Å². The van der Waals surface area contributed by atoms with E-state index in [9.17, 15) is 4.39 Å². The minimum absolute atomic E-state index is 0.211. The van der Waals surface area contributed by atoms with Gasteiger partial charge in [-0.15, -0.1) is 0 Å². The first kappa shape index (κ1) is 18.1. The summed E-state index contributed by atoms with van der Waals surface area (Å²) in [6.07, 6.45) is 0.689. The lowest BCUT2D eigenvalue weighted by Crippen LogP contribution is -2.50. The van der Waals surface area contributed by atoms with Gasteiger partial charge in [-0.2, -0.15) is 0 Å². The van der Waals surface area contributed by atoms with E-state index in [4.69, 9.17) is 4.74 Å². The van der Waals surface area contributed by atoms with E-state index in [0.29, 0.717) is 19.0 Å². The molecule has 0 amide bonds. The van der Waals surface area contributed by atoms with Crippen molar-refractivity contribution in [2.24, 2.45) is 4.99 Å². The van der Waals surface area contributed by atoms with Gasteiger partial charge in [-0.25, -0.2) is 0 Å². The van der Waals surface area contributed by atoms with Crippen LogP contribution in [0.4, 0.5) is 4.39 Å². The summed E-state index contributed by atoms with van der Waals surface area (Å²) in [6, 6.07) is 11.0. The highest BCUT2D eigenvalue weighted by molar-refractivity contribution is 5.80. The average molecular weight is 348 g/mol. The molecule has 138 valence electrons. The van der Waals surface area contributed by atoms with Crippen LogP contribution in [0.5, 0.6) is 0 Å². The highest BCUT2D eigenvalue weighted by Gasteiger charge is 2.41. The van der Waals surface area contributed by atoms with Crippen LogP contribution in [0.1, 0.15) is 18.9 Å². The number of morpholine rings is 1. The normalized spacial score (nSPS) is 24.4. The van der Waals surface area contributed by atoms with Gasteiger partial charge >= 0.3 is 0 Å². The molecule has 2 heterocycles. The molecule has 0 aromatic heterocycles. The van der Waals surface area contributed by atoms with Crippen molar-refractivity contribution in [1.82, 2.24) is 15.1 Å². The number of halogens is 1. The maximum Gasteiger partial charge on any atom is 0.194 e. The molecule has 1 aromatic rings. The monoisotopic (exact) mass is 348 g/mol. The third kappa shape index (κ3) is 4.70. The van der Waals surface area contributed by atoms with Crippen LogP contribution in [0.15, 0.2) is 35.3 Å². The maximum absolute atomic E-state index is 12.4. The fourth-order valence-corrected chi connectivity index (χ4v) is 3.62. The predicted molar refractivity (Wildman–Crippen MR) is 98.5 cm³/mol. The molecule has 0 radical (unpaired) electrons. The number of fused-ring (bicyclic) bond motifs is 1. The van der Waals surface area contributed by atoms with Gasteiger partial charge in [0, 0.05) is 39.3 Å². The molecule has 2 unspecified atom stereocenters. The van der Waals surface area contributed by atoms with Crippen molar-refractivity contribution >= 4 is 5.96 Å². The van der Waals surface area contributed by atoms with E-state index < -0.39 is 0 Å². The van der Waals surface area contributed by atoms with E-state index in [1.54, 1.807) is 0 Å². The quantitative estimate of drug-likeness (QED) is 0.484. The van der Waals surface area contributed by atoms with E-state index in [1.807, 2.05) is 0 Å². The molecule has 1 N–H and O–H groups in total. The molecule has 3 rings (SSSR count). The Morgan fingerprint density at radius 2 is 2.16 bits per heavy atom. The summed E-state index contributed by atoms with van der Waals surface area (Å²) in [6.45, 7) is 7.52. The Kier molecular flexibility index (Phi) is 6.64. The van der Waals surface area contributed by atoms with E-state index >= 15 is 0 Å². The van der Waals surface area contributed by atoms with Gasteiger partial charge in [0.25, 0.3) is 0 Å². The molecule has 0 aliphatic carbocycles. The van der Waals surface area contributed by atoms with E-state index in [0.717, 1.165) is 45.3 Å². The Hall–Kier alpha value is -1.66. The first-order chi connectivity index (χ1) is 12.3. The smallest absolute Gasteiger partial charge is 0.194 e. The number of nitrogens with zero attached hydrogens (tertiary/aromatic N) is 3. The second-order valence-corrected chi connectivity index (χ2v) is 6.62. The van der Waals surface area contributed by atoms with Gasteiger partial charge < -0.3 is 15.0 Å². The molecule has 6 heteroatoms. The number of hydrogen-bond donors (Lipinski definition) is 1. The first-order valence-electron chi connectivity index (χ1n) is 9.30. The summed E-state index contributed by atoms with van der Waals surface area (Å²) >= 11 is 0. The minimum atomic E-state index is -0.317. The SMILES string of the molecule is CCNC(=NCCCF)N1CC2OCCN(Cc3ccccc3)C2C1. The molecule has 25 heavy (non-hydrogen) atoms. The number of aliphatic imine (C=N–C) groups is 1. The Balaban J connectivity index is 1.65. The van der Waals surface area contributed by atoms with Crippen molar-refractivity contribution in [3.8, 4) is 0 Å². The van der Waals surface area contributed by atoms with Gasteiger partial charge in [-0.05, 0) is 18.9 Å². The number of alkyl halides is 1. The molecule has 2 aliphatic heterocycles. The molecule has 0 bridgehead atoms. The van der Waals surface area contributed by atoms with Crippen LogP contribution in [0.25, 0.3) is 0 Å². The number of benzene rings is 1. The van der Waals surface area contributed by atoms with Crippen molar-refractivity contribution in [1.29, 1.82) is 0 Å². The Morgan fingerprint density at radius 1 is 1.32 bits per heavy atom. The summed E-state index contributed by atoms with van der Waals surface area (Å²) in [7, 11) is 0. The van der Waals surface area contributed by atoms with Gasteiger partial charge in [-0.3, -0.25) is 14.3 Å². The summed E-state index contributed by atoms with van der Waals surface area (Å²) in [5.41, 5.74) is 1.34. The van der Waals surface area contributed by atoms with Crippen LogP contribution in [-0.4, -0.2) is 73.9 Å². The molecule has 1 aromatic carbocycles. The molecule has 0 spiro atoms. The molecule has 5 nitrogen and oxygen atoms in total. The summed E-state index contributed by atoms with van der Waals surface area (Å²) in [5.74, 6) is 0.883. The zero-order chi connectivity index (χ0) is 17.5. The van der Waals surface area contributed by atoms with Gasteiger partial charge in [0.1, 0.15) is 0 Å². The fraction of sp³-hybridized carbons (Fsp3) is 0.632. The van der Waals surface area contributed by atoms with Crippen molar-refractivity contribution in [2.75, 3.05) is 46.0 Å². The van der Waals surface area contributed by atoms with Crippen LogP contribution < -0.4 is 5.32 Å². The number of nitrogens with one attached hydrogen (secondary N) is 1. The molecule has 2 aliphatic rings. The Morgan fingerprint density at radius 3 is 2.92 bits per heavy atom. The zero-order valence-electron chi connectivity index (χ0n) is 15.0. The molecule has 2 saturated heterocycles. The Bertz CT molecular complexity index is 554. The van der Waals surface area contributed by atoms with Gasteiger partial charge in [0.2, 0.25) is 0 Å². The number of guanidine groups is 1. The molecular weight excluding hydrogens is 319 g/mol. The highest BCUT2D eigenvalue weighted by Crippen LogP contribution is 2.24. The first-order valence-corrected chi connectivity index (χ1v) is 9.30. The Labute approximate surface area is 149 Å². The van der Waals surface area contributed by atoms with Gasteiger partial charge in [0.15, 0.2) is 5.96 Å². The van der Waals surface area contributed by atoms with Crippen molar-refractivity contribution < 1.29 is 9.13 Å². The van der Waals surface area contributed by atoms with Crippen LogP contribution >= 0.6 is 0 Å². The van der Waals surface area contributed by atoms with Crippen molar-refractivity contribution in [2.45, 2.75) is 32.0 Å². The van der Waals surface area contributed by atoms with Crippen molar-refractivity contribution in [3.63, 3.8) is 0 Å². The predicted octanol–water partition coefficient (Wildman–Crippen LogP) is 1.90. The van der Waals surface area contributed by atoms with E-state index in [2.05, 4.69) is 57.4 Å². The van der Waals surface area contributed by atoms with Crippen LogP contribution in [0, 0.1) is 0 Å². The summed E-state index contributed by atoms with van der Waals surface area (Å²) in [5, 5.41) is 3.34. The molecule has 2 fully saturated rings. The third-order valence-corrected chi connectivity index (χ3v) is 4.83. The van der Waals surface area contributed by atoms with Gasteiger partial charge in [-0.1, -0.05) is 30.3 Å². The third-order valence-electron chi connectivity index (χ3n) is 4.83. The zero-order valence-corrected chi connectivity index (χ0v) is 15.0. The average Bonchev–Trinajstić information content (AvgIpc) is 3.07. The van der Waals surface area contributed by atoms with E-state index in [-0.39, 0.29) is 12.8 Å². The van der Waals surface area contributed by atoms with Crippen LogP contribution in [0.3, 0.4) is 0 Å². The number of likely N-dealkylation sites (tertiary alicyclic amines) is 1. The van der Waals surface area contributed by atoms with Crippen LogP contribution in [-0.2, 0) is 11.3 Å². The highest BCUT2D eigenvalue weighted by atomic mass is 19.1. The minimum Gasteiger partial charge on any atom is -0.373 e. The lowest BCUT2D eigenvalue weighted by molar-refractivity contribution is -0.0502. The molecule has 0 saturated carbocycles. The second-order valence-electron chi connectivity index (χ2n) is 6.62. The largest absolute Gasteiger partial charge is 0.373 e. The summed E-state index contributed by atoms with van der Waals surface area (Å²) in [4.78, 5) is 9.36. The second kappa shape index (κ2) is 9.15. The number of rotatable bonds is 6.